The minimum Gasteiger partial charge on any atom is -0.289 e. The second-order valence-electron chi connectivity index (χ2n) is 11.3. The van der Waals surface area contributed by atoms with Crippen LogP contribution in [0.4, 0.5) is 0 Å². The third-order valence-electron chi connectivity index (χ3n) is 7.64. The van der Waals surface area contributed by atoms with Gasteiger partial charge in [-0.15, -0.1) is 0 Å². The first kappa shape index (κ1) is 27.5. The number of Topliss-reactive ketones (excluding diaryl/α,β-unsaturated/α-hetero) is 2. The second-order valence-corrected chi connectivity index (χ2v) is 11.3. The Bertz CT molecular complexity index is 801. The molecule has 0 amide bonds. The first-order valence-corrected chi connectivity index (χ1v) is 13.6. The van der Waals surface area contributed by atoms with Crippen molar-refractivity contribution in [1.29, 1.82) is 0 Å². The van der Waals surface area contributed by atoms with Gasteiger partial charge in [-0.1, -0.05) is 117 Å². The van der Waals surface area contributed by atoms with Crippen LogP contribution in [0.1, 0.15) is 133 Å². The third kappa shape index (κ3) is 8.87. The smallest absolute Gasteiger partial charge is 0.190 e. The van der Waals surface area contributed by atoms with E-state index >= 15 is 0 Å². The van der Waals surface area contributed by atoms with E-state index in [9.17, 15) is 9.59 Å². The number of benzene rings is 1. The fourth-order valence-electron chi connectivity index (χ4n) is 5.18. The summed E-state index contributed by atoms with van der Waals surface area (Å²) in [5.41, 5.74) is 2.54. The predicted molar refractivity (Wildman–Crippen MR) is 141 cm³/mol. The monoisotopic (exact) mass is 452 g/mol. The largest absolute Gasteiger partial charge is 0.289 e. The van der Waals surface area contributed by atoms with Crippen molar-refractivity contribution in [3.63, 3.8) is 0 Å². The van der Waals surface area contributed by atoms with Gasteiger partial charge in [0.2, 0.25) is 0 Å². The van der Waals surface area contributed by atoms with Gasteiger partial charge < -0.3 is 0 Å². The zero-order valence-electron chi connectivity index (χ0n) is 22.2. The zero-order valence-corrected chi connectivity index (χ0v) is 22.2. The zero-order chi connectivity index (χ0) is 24.4. The molecule has 0 aliphatic heterocycles. The summed E-state index contributed by atoms with van der Waals surface area (Å²) in [7, 11) is 0. The lowest BCUT2D eigenvalue weighted by molar-refractivity contribution is 0.0971. The summed E-state index contributed by atoms with van der Waals surface area (Å²) in [6.45, 7) is 13.6. The van der Waals surface area contributed by atoms with Crippen LogP contribution in [0.5, 0.6) is 0 Å². The number of hydrogen-bond acceptors (Lipinski definition) is 2. The summed E-state index contributed by atoms with van der Waals surface area (Å²) in [6.07, 6.45) is 13.7. The molecule has 0 radical (unpaired) electrons. The molecule has 1 aromatic rings. The molecule has 0 N–H and O–H groups in total. The average molecular weight is 453 g/mol. The predicted octanol–water partition coefficient (Wildman–Crippen LogP) is 9.24. The molecule has 0 unspecified atom stereocenters. The molecule has 0 spiro atoms. The maximum Gasteiger partial charge on any atom is 0.190 e. The minimum atomic E-state index is 0.0240. The summed E-state index contributed by atoms with van der Waals surface area (Å²) in [5, 5.41) is 0. The van der Waals surface area contributed by atoms with Gasteiger partial charge in [-0.25, -0.2) is 0 Å². The maximum absolute atomic E-state index is 12.9. The van der Waals surface area contributed by atoms with Crippen molar-refractivity contribution >= 4 is 11.6 Å². The number of rotatable bonds is 15. The Balaban J connectivity index is 1.64. The second kappa shape index (κ2) is 13.9. The lowest BCUT2D eigenvalue weighted by Crippen LogP contribution is -2.21. The molecule has 0 aromatic heterocycles. The Morgan fingerprint density at radius 1 is 0.606 bits per heavy atom. The van der Waals surface area contributed by atoms with Crippen molar-refractivity contribution in [3.05, 3.63) is 46.5 Å². The van der Waals surface area contributed by atoms with Crippen LogP contribution in [0.2, 0.25) is 0 Å². The molecule has 3 atom stereocenters. The van der Waals surface area contributed by atoms with Crippen LogP contribution in [-0.2, 0) is 0 Å². The van der Waals surface area contributed by atoms with Crippen molar-refractivity contribution in [2.45, 2.75) is 112 Å². The highest BCUT2D eigenvalue weighted by Gasteiger charge is 2.29. The summed E-state index contributed by atoms with van der Waals surface area (Å²) >= 11 is 0. The van der Waals surface area contributed by atoms with Crippen LogP contribution in [0.15, 0.2) is 35.4 Å². The first-order chi connectivity index (χ1) is 15.7. The summed E-state index contributed by atoms with van der Waals surface area (Å²) in [4.78, 5) is 25.6. The van der Waals surface area contributed by atoms with E-state index in [4.69, 9.17) is 0 Å². The molecule has 0 fully saturated rings. The lowest BCUT2D eigenvalue weighted by Gasteiger charge is -2.20. The average Bonchev–Trinajstić information content (AvgIpc) is 2.77. The topological polar surface area (TPSA) is 34.1 Å². The molecule has 1 aliphatic carbocycles. The van der Waals surface area contributed by atoms with Gasteiger partial charge in [0.25, 0.3) is 0 Å². The van der Waals surface area contributed by atoms with Gasteiger partial charge in [0, 0.05) is 22.3 Å². The molecule has 33 heavy (non-hydrogen) atoms. The SMILES string of the molecule is CC1=C(CC[C@@H](C)CCC[C@H](C)CCC[C@H](C)CCCC(C)C)C(=O)c2ccccc2C1=O. The Morgan fingerprint density at radius 2 is 1.03 bits per heavy atom. The first-order valence-electron chi connectivity index (χ1n) is 13.6. The summed E-state index contributed by atoms with van der Waals surface area (Å²) in [6, 6.07) is 7.24. The molecule has 0 bridgehead atoms. The normalized spacial score (nSPS) is 16.8. The molecular weight excluding hydrogens is 404 g/mol. The van der Waals surface area contributed by atoms with Gasteiger partial charge in [-0.3, -0.25) is 9.59 Å². The Labute approximate surface area is 203 Å². The van der Waals surface area contributed by atoms with Crippen LogP contribution in [0.3, 0.4) is 0 Å². The van der Waals surface area contributed by atoms with Crippen LogP contribution in [-0.4, -0.2) is 11.6 Å². The minimum absolute atomic E-state index is 0.0240. The van der Waals surface area contributed by atoms with Crippen molar-refractivity contribution in [3.8, 4) is 0 Å². The van der Waals surface area contributed by atoms with E-state index in [2.05, 4.69) is 34.6 Å². The molecule has 1 aromatic carbocycles. The summed E-state index contributed by atoms with van der Waals surface area (Å²) in [5.74, 6) is 3.17. The Kier molecular flexibility index (Phi) is 11.6. The lowest BCUT2D eigenvalue weighted by atomic mass is 9.81. The molecule has 0 saturated carbocycles. The molecule has 2 heteroatoms. The number of fused-ring (bicyclic) bond motifs is 1. The highest BCUT2D eigenvalue weighted by molar-refractivity contribution is 6.26. The van der Waals surface area contributed by atoms with Crippen molar-refractivity contribution in [2.24, 2.45) is 23.7 Å². The maximum atomic E-state index is 12.9. The van der Waals surface area contributed by atoms with Crippen LogP contribution in [0, 0.1) is 23.7 Å². The third-order valence-corrected chi connectivity index (χ3v) is 7.64. The van der Waals surface area contributed by atoms with Crippen LogP contribution in [0.25, 0.3) is 0 Å². The van der Waals surface area contributed by atoms with Crippen molar-refractivity contribution in [1.82, 2.24) is 0 Å². The molecule has 2 nitrogen and oxygen atoms in total. The molecule has 2 rings (SSSR count). The fraction of sp³-hybridized carbons (Fsp3) is 0.677. The van der Waals surface area contributed by atoms with Gasteiger partial charge in [-0.05, 0) is 43.4 Å². The number of ketones is 2. The highest BCUT2D eigenvalue weighted by atomic mass is 16.1. The summed E-state index contributed by atoms with van der Waals surface area (Å²) < 4.78 is 0. The molecule has 184 valence electrons. The number of carbonyl (C=O) groups is 2. The van der Waals surface area contributed by atoms with E-state index in [-0.39, 0.29) is 11.6 Å². The van der Waals surface area contributed by atoms with Gasteiger partial charge >= 0.3 is 0 Å². The van der Waals surface area contributed by atoms with Crippen molar-refractivity contribution in [2.75, 3.05) is 0 Å². The van der Waals surface area contributed by atoms with E-state index in [1.807, 2.05) is 19.1 Å². The van der Waals surface area contributed by atoms with Gasteiger partial charge in [-0.2, -0.15) is 0 Å². The van der Waals surface area contributed by atoms with Crippen LogP contribution >= 0.6 is 0 Å². The number of hydrogen-bond donors (Lipinski definition) is 0. The van der Waals surface area contributed by atoms with Crippen LogP contribution < -0.4 is 0 Å². The molecule has 0 saturated heterocycles. The molecule has 0 heterocycles. The van der Waals surface area contributed by atoms with E-state index in [0.29, 0.717) is 22.6 Å². The van der Waals surface area contributed by atoms with E-state index < -0.39 is 0 Å². The van der Waals surface area contributed by atoms with E-state index in [1.165, 1.54) is 57.8 Å². The highest BCUT2D eigenvalue weighted by Crippen LogP contribution is 2.30. The standard InChI is InChI=1S/C31H48O2/c1-22(2)12-9-13-23(3)14-10-15-24(4)16-11-17-25(5)20-21-27-26(6)30(32)28-18-7-8-19-29(28)31(27)33/h7-8,18-19,22-25H,9-17,20-21H2,1-6H3/t23-,24-,25+/m1/s1. The fourth-order valence-corrected chi connectivity index (χ4v) is 5.18. The van der Waals surface area contributed by atoms with E-state index in [0.717, 1.165) is 36.2 Å². The number of carbonyl (C=O) groups excluding carboxylic acids is 2. The number of allylic oxidation sites excluding steroid dienone is 2. The quantitative estimate of drug-likeness (QED) is 0.266. The Morgan fingerprint density at radius 3 is 1.52 bits per heavy atom. The van der Waals surface area contributed by atoms with Gasteiger partial charge in [0.15, 0.2) is 11.6 Å². The molecular formula is C31H48O2. The van der Waals surface area contributed by atoms with E-state index in [1.54, 1.807) is 12.1 Å². The van der Waals surface area contributed by atoms with Gasteiger partial charge in [0.1, 0.15) is 0 Å². The van der Waals surface area contributed by atoms with Gasteiger partial charge in [0.05, 0.1) is 0 Å². The van der Waals surface area contributed by atoms with Crippen molar-refractivity contribution < 1.29 is 9.59 Å². The Hall–Kier alpha value is -1.70. The molecule has 1 aliphatic rings.